The van der Waals surface area contributed by atoms with Gasteiger partial charge in [-0.05, 0) is 68.7 Å². The van der Waals surface area contributed by atoms with E-state index < -0.39 is 17.7 Å². The molecular weight excluding hydrogens is 476 g/mol. The first-order chi connectivity index (χ1) is 18.2. The number of aliphatic hydroxyl groups is 1. The van der Waals surface area contributed by atoms with Crippen molar-refractivity contribution in [3.05, 3.63) is 95.1 Å². The number of benzene rings is 3. The quantitative estimate of drug-likeness (QED) is 0.201. The van der Waals surface area contributed by atoms with Crippen LogP contribution in [0.3, 0.4) is 0 Å². The molecule has 1 N–H and O–H groups in total. The second kappa shape index (κ2) is 11.5. The van der Waals surface area contributed by atoms with E-state index in [-0.39, 0.29) is 11.3 Å². The Morgan fingerprint density at radius 3 is 2.29 bits per heavy atom. The Balaban J connectivity index is 1.83. The molecule has 6 nitrogen and oxygen atoms in total. The summed E-state index contributed by atoms with van der Waals surface area (Å²) in [5.74, 6) is -0.661. The average Bonchev–Trinajstić information content (AvgIpc) is 3.18. The standard InChI is InChI=1S/C32H36N2O4/c1-6-33(7-2)25-14-16-26(17-15-25)34-29(23-11-8-10-22(5)18-23)28(31(36)32(34)37)30(35)24-12-9-13-27(19-24)38-20-21(3)4/h8-19,21,29,35H,6-7,20H2,1-5H3/b30-28-. The van der Waals surface area contributed by atoms with Crippen LogP contribution in [0, 0.1) is 12.8 Å². The summed E-state index contributed by atoms with van der Waals surface area (Å²) in [6.45, 7) is 12.5. The Bertz CT molecular complexity index is 1340. The lowest BCUT2D eigenvalue weighted by Gasteiger charge is -2.27. The van der Waals surface area contributed by atoms with Crippen molar-refractivity contribution in [3.63, 3.8) is 0 Å². The summed E-state index contributed by atoms with van der Waals surface area (Å²) in [6.07, 6.45) is 0. The molecule has 1 heterocycles. The van der Waals surface area contributed by atoms with Gasteiger partial charge in [0.05, 0.1) is 18.2 Å². The van der Waals surface area contributed by atoms with Crippen molar-refractivity contribution in [1.29, 1.82) is 0 Å². The van der Waals surface area contributed by atoms with Gasteiger partial charge in [-0.1, -0.05) is 55.8 Å². The summed E-state index contributed by atoms with van der Waals surface area (Å²) in [5, 5.41) is 11.5. The zero-order valence-corrected chi connectivity index (χ0v) is 22.8. The highest BCUT2D eigenvalue weighted by Gasteiger charge is 2.47. The molecule has 1 saturated heterocycles. The summed E-state index contributed by atoms with van der Waals surface area (Å²) in [5.41, 5.74) is 3.89. The predicted octanol–water partition coefficient (Wildman–Crippen LogP) is 6.50. The summed E-state index contributed by atoms with van der Waals surface area (Å²) in [6, 6.07) is 21.6. The topological polar surface area (TPSA) is 70.1 Å². The maximum Gasteiger partial charge on any atom is 0.300 e. The van der Waals surface area contributed by atoms with Gasteiger partial charge in [0.25, 0.3) is 11.7 Å². The van der Waals surface area contributed by atoms with E-state index >= 15 is 0 Å². The fourth-order valence-electron chi connectivity index (χ4n) is 4.82. The van der Waals surface area contributed by atoms with Crippen LogP contribution in [0.4, 0.5) is 11.4 Å². The number of ketones is 1. The first kappa shape index (κ1) is 27.0. The Morgan fingerprint density at radius 2 is 1.66 bits per heavy atom. The smallest absolute Gasteiger partial charge is 0.300 e. The van der Waals surface area contributed by atoms with Crippen LogP contribution in [0.2, 0.25) is 0 Å². The highest BCUT2D eigenvalue weighted by Crippen LogP contribution is 2.43. The number of carbonyl (C=O) groups excluding carboxylic acids is 2. The first-order valence-electron chi connectivity index (χ1n) is 13.2. The molecule has 0 radical (unpaired) electrons. The third-order valence-electron chi connectivity index (χ3n) is 6.75. The first-order valence-corrected chi connectivity index (χ1v) is 13.2. The van der Waals surface area contributed by atoms with Crippen molar-refractivity contribution in [3.8, 4) is 5.75 Å². The summed E-state index contributed by atoms with van der Waals surface area (Å²) < 4.78 is 5.84. The zero-order valence-electron chi connectivity index (χ0n) is 22.8. The molecule has 0 saturated carbocycles. The minimum Gasteiger partial charge on any atom is -0.507 e. The van der Waals surface area contributed by atoms with Crippen LogP contribution in [-0.4, -0.2) is 36.5 Å². The average molecular weight is 513 g/mol. The van der Waals surface area contributed by atoms with Crippen molar-refractivity contribution < 1.29 is 19.4 Å². The van der Waals surface area contributed by atoms with Gasteiger partial charge in [-0.25, -0.2) is 0 Å². The van der Waals surface area contributed by atoms with E-state index in [0.717, 1.165) is 29.9 Å². The van der Waals surface area contributed by atoms with Crippen molar-refractivity contribution in [2.75, 3.05) is 29.5 Å². The van der Waals surface area contributed by atoms with E-state index in [1.807, 2.05) is 61.5 Å². The number of aliphatic hydroxyl groups excluding tert-OH is 1. The second-order valence-electron chi connectivity index (χ2n) is 10.0. The molecule has 3 aromatic carbocycles. The Kier molecular flexibility index (Phi) is 8.20. The molecule has 1 aliphatic heterocycles. The highest BCUT2D eigenvalue weighted by atomic mass is 16.5. The fourth-order valence-corrected chi connectivity index (χ4v) is 4.82. The molecule has 0 spiro atoms. The van der Waals surface area contributed by atoms with Crippen LogP contribution >= 0.6 is 0 Å². The monoisotopic (exact) mass is 512 g/mol. The van der Waals surface area contributed by atoms with Gasteiger partial charge in [0, 0.05) is 30.0 Å². The van der Waals surface area contributed by atoms with Gasteiger partial charge in [0.1, 0.15) is 11.5 Å². The van der Waals surface area contributed by atoms with Crippen molar-refractivity contribution in [2.24, 2.45) is 5.92 Å². The molecule has 3 aromatic rings. The van der Waals surface area contributed by atoms with Gasteiger partial charge in [0.15, 0.2) is 0 Å². The van der Waals surface area contributed by atoms with E-state index in [1.54, 1.807) is 18.2 Å². The molecule has 1 atom stereocenters. The van der Waals surface area contributed by atoms with E-state index in [9.17, 15) is 14.7 Å². The number of Topliss-reactive ketones (excluding diaryl/α,β-unsaturated/α-hetero) is 1. The minimum absolute atomic E-state index is 0.0643. The van der Waals surface area contributed by atoms with Crippen LogP contribution in [-0.2, 0) is 9.59 Å². The van der Waals surface area contributed by atoms with E-state index in [1.165, 1.54) is 4.90 Å². The van der Waals surface area contributed by atoms with Gasteiger partial charge in [-0.3, -0.25) is 14.5 Å². The molecule has 1 aliphatic rings. The van der Waals surface area contributed by atoms with Crippen LogP contribution < -0.4 is 14.5 Å². The lowest BCUT2D eigenvalue weighted by atomic mass is 9.94. The number of rotatable bonds is 9. The van der Waals surface area contributed by atoms with Crippen molar-refractivity contribution >= 4 is 28.8 Å². The van der Waals surface area contributed by atoms with Gasteiger partial charge in [-0.15, -0.1) is 0 Å². The molecule has 0 bridgehead atoms. The third-order valence-corrected chi connectivity index (χ3v) is 6.75. The second-order valence-corrected chi connectivity index (χ2v) is 10.0. The number of amides is 1. The molecule has 1 amide bonds. The van der Waals surface area contributed by atoms with Gasteiger partial charge in [-0.2, -0.15) is 0 Å². The number of ether oxygens (including phenoxy) is 1. The largest absolute Gasteiger partial charge is 0.507 e. The number of carbonyl (C=O) groups is 2. The molecular formula is C32H36N2O4. The van der Waals surface area contributed by atoms with Gasteiger partial charge >= 0.3 is 0 Å². The summed E-state index contributed by atoms with van der Waals surface area (Å²) >= 11 is 0. The Hall–Kier alpha value is -4.06. The molecule has 38 heavy (non-hydrogen) atoms. The zero-order chi connectivity index (χ0) is 27.4. The van der Waals surface area contributed by atoms with Crippen molar-refractivity contribution in [1.82, 2.24) is 0 Å². The molecule has 1 fully saturated rings. The number of nitrogens with zero attached hydrogens (tertiary/aromatic N) is 2. The minimum atomic E-state index is -0.769. The molecule has 4 rings (SSSR count). The molecule has 6 heteroatoms. The van der Waals surface area contributed by atoms with Crippen LogP contribution in [0.5, 0.6) is 5.75 Å². The Labute approximate surface area is 225 Å². The number of anilines is 2. The molecule has 0 aliphatic carbocycles. The maximum absolute atomic E-state index is 13.5. The highest BCUT2D eigenvalue weighted by molar-refractivity contribution is 6.51. The van der Waals surface area contributed by atoms with Crippen molar-refractivity contribution in [2.45, 2.75) is 40.7 Å². The predicted molar refractivity (Wildman–Crippen MR) is 153 cm³/mol. The maximum atomic E-state index is 13.5. The molecule has 198 valence electrons. The van der Waals surface area contributed by atoms with Crippen LogP contribution in [0.25, 0.3) is 5.76 Å². The normalized spacial score (nSPS) is 16.8. The van der Waals surface area contributed by atoms with E-state index in [0.29, 0.717) is 29.5 Å². The number of hydrogen-bond acceptors (Lipinski definition) is 5. The lowest BCUT2D eigenvalue weighted by Crippen LogP contribution is -2.29. The molecule has 0 aromatic heterocycles. The number of aryl methyl sites for hydroxylation is 1. The lowest BCUT2D eigenvalue weighted by molar-refractivity contribution is -0.132. The SMILES string of the molecule is CCN(CC)c1ccc(N2C(=O)C(=O)/C(=C(\O)c3cccc(OCC(C)C)c3)C2c2cccc(C)c2)cc1. The third kappa shape index (κ3) is 5.44. The van der Waals surface area contributed by atoms with Gasteiger partial charge in [0.2, 0.25) is 0 Å². The molecule has 1 unspecified atom stereocenters. The van der Waals surface area contributed by atoms with Crippen LogP contribution in [0.15, 0.2) is 78.4 Å². The van der Waals surface area contributed by atoms with Crippen LogP contribution in [0.1, 0.15) is 50.4 Å². The van der Waals surface area contributed by atoms with Gasteiger partial charge < -0.3 is 14.7 Å². The Morgan fingerprint density at radius 1 is 0.974 bits per heavy atom. The summed E-state index contributed by atoms with van der Waals surface area (Å²) in [4.78, 5) is 30.7. The fraction of sp³-hybridized carbons (Fsp3) is 0.312. The van der Waals surface area contributed by atoms with E-state index in [4.69, 9.17) is 4.74 Å². The van der Waals surface area contributed by atoms with E-state index in [2.05, 4.69) is 32.6 Å². The summed E-state index contributed by atoms with van der Waals surface area (Å²) in [7, 11) is 0. The number of hydrogen-bond donors (Lipinski definition) is 1.